The highest BCUT2D eigenvalue weighted by Gasteiger charge is 2.47. The van der Waals surface area contributed by atoms with Gasteiger partial charge in [-0.1, -0.05) is 26.0 Å². The van der Waals surface area contributed by atoms with Crippen molar-refractivity contribution >= 4 is 17.8 Å². The van der Waals surface area contributed by atoms with Crippen LogP contribution < -0.4 is 15.5 Å². The molecular weight excluding hydrogens is 348 g/mol. The number of nitrogens with zero attached hydrogens (tertiary/aromatic N) is 2. The summed E-state index contributed by atoms with van der Waals surface area (Å²) in [6.45, 7) is 8.06. The van der Waals surface area contributed by atoms with Crippen molar-refractivity contribution in [3.63, 3.8) is 0 Å². The first-order valence-corrected chi connectivity index (χ1v) is 9.09. The van der Waals surface area contributed by atoms with E-state index in [1.54, 1.807) is 21.0 Å². The Hall–Kier alpha value is -2.61. The van der Waals surface area contributed by atoms with Crippen LogP contribution in [-0.4, -0.2) is 53.5 Å². The number of nitrogens with one attached hydrogen (secondary N) is 2. The molecule has 1 aromatic rings. The molecule has 148 valence electrons. The molecule has 2 rings (SSSR count). The lowest BCUT2D eigenvalue weighted by Gasteiger charge is -2.28. The van der Waals surface area contributed by atoms with Crippen molar-refractivity contribution in [1.82, 2.24) is 20.7 Å². The number of benzene rings is 1. The van der Waals surface area contributed by atoms with Gasteiger partial charge in [-0.05, 0) is 44.5 Å². The normalized spacial score (nSPS) is 20.6. The minimum atomic E-state index is -0.983. The third kappa shape index (κ3) is 4.39. The van der Waals surface area contributed by atoms with Crippen LogP contribution in [0.3, 0.4) is 0 Å². The molecule has 27 heavy (non-hydrogen) atoms. The van der Waals surface area contributed by atoms with Gasteiger partial charge in [-0.3, -0.25) is 19.9 Å². The topological polar surface area (TPSA) is 91.0 Å². The van der Waals surface area contributed by atoms with Crippen molar-refractivity contribution < 1.29 is 19.1 Å². The molecule has 0 unspecified atom stereocenters. The van der Waals surface area contributed by atoms with Crippen molar-refractivity contribution in [2.75, 3.05) is 20.2 Å². The molecule has 0 radical (unpaired) electrons. The van der Waals surface area contributed by atoms with Gasteiger partial charge in [0.2, 0.25) is 0 Å². The molecule has 1 aliphatic rings. The number of ether oxygens (including phenoxy) is 1. The van der Waals surface area contributed by atoms with Crippen LogP contribution in [0.1, 0.15) is 45.7 Å². The Morgan fingerprint density at radius 3 is 2.63 bits per heavy atom. The standard InChI is InChI=1S/C19H28N4O4/c1-6-19(4)17(25)23(18(26)20-19)21-16(24)12-22(7-2)13(3)14-9-8-10-15(11-14)27-5/h8-11,13H,6-7,12H2,1-5H3,(H,20,26)(H,21,24)/t13-,19-/m1/s1. The third-order valence-corrected chi connectivity index (χ3v) is 5.08. The molecule has 2 atom stereocenters. The Morgan fingerprint density at radius 2 is 2.07 bits per heavy atom. The number of carbonyl (C=O) groups excluding carboxylic acids is 3. The molecular formula is C19H28N4O4. The summed E-state index contributed by atoms with van der Waals surface area (Å²) >= 11 is 0. The fourth-order valence-electron chi connectivity index (χ4n) is 3.00. The number of methoxy groups -OCH3 is 1. The van der Waals surface area contributed by atoms with Crippen LogP contribution in [0.5, 0.6) is 5.75 Å². The zero-order valence-electron chi connectivity index (χ0n) is 16.5. The van der Waals surface area contributed by atoms with E-state index in [2.05, 4.69) is 10.7 Å². The van der Waals surface area contributed by atoms with Crippen LogP contribution >= 0.6 is 0 Å². The van der Waals surface area contributed by atoms with Gasteiger partial charge in [0.25, 0.3) is 11.8 Å². The smallest absolute Gasteiger partial charge is 0.344 e. The van der Waals surface area contributed by atoms with Gasteiger partial charge < -0.3 is 10.1 Å². The Labute approximate surface area is 159 Å². The van der Waals surface area contributed by atoms with Crippen LogP contribution in [0.2, 0.25) is 0 Å². The summed E-state index contributed by atoms with van der Waals surface area (Å²) in [6, 6.07) is 7.01. The summed E-state index contributed by atoms with van der Waals surface area (Å²) in [4.78, 5) is 38.8. The summed E-state index contributed by atoms with van der Waals surface area (Å²) < 4.78 is 5.26. The molecule has 8 heteroatoms. The monoisotopic (exact) mass is 376 g/mol. The van der Waals surface area contributed by atoms with Crippen molar-refractivity contribution in [2.45, 2.75) is 45.7 Å². The highest BCUT2D eigenvalue weighted by Crippen LogP contribution is 2.24. The van der Waals surface area contributed by atoms with Gasteiger partial charge in [-0.25, -0.2) is 4.79 Å². The zero-order chi connectivity index (χ0) is 20.2. The van der Waals surface area contributed by atoms with Gasteiger partial charge in [0.1, 0.15) is 11.3 Å². The Bertz CT molecular complexity index is 723. The molecule has 0 aromatic heterocycles. The van der Waals surface area contributed by atoms with Crippen LogP contribution in [0, 0.1) is 0 Å². The predicted molar refractivity (Wildman–Crippen MR) is 101 cm³/mol. The lowest BCUT2D eigenvalue weighted by Crippen LogP contribution is -2.51. The maximum absolute atomic E-state index is 12.5. The van der Waals surface area contributed by atoms with Crippen LogP contribution in [0.15, 0.2) is 24.3 Å². The molecule has 1 fully saturated rings. The maximum Gasteiger partial charge on any atom is 0.344 e. The zero-order valence-corrected chi connectivity index (χ0v) is 16.5. The van der Waals surface area contributed by atoms with Crippen molar-refractivity contribution in [1.29, 1.82) is 0 Å². The molecule has 1 heterocycles. The third-order valence-electron chi connectivity index (χ3n) is 5.08. The van der Waals surface area contributed by atoms with E-state index in [0.29, 0.717) is 13.0 Å². The fourth-order valence-corrected chi connectivity index (χ4v) is 3.00. The number of hydrogen-bond acceptors (Lipinski definition) is 5. The number of hydrogen-bond donors (Lipinski definition) is 2. The first-order valence-electron chi connectivity index (χ1n) is 9.09. The Morgan fingerprint density at radius 1 is 1.37 bits per heavy atom. The van der Waals surface area contributed by atoms with E-state index < -0.39 is 23.4 Å². The molecule has 1 saturated heterocycles. The van der Waals surface area contributed by atoms with Crippen LogP contribution in [0.25, 0.3) is 0 Å². The average Bonchev–Trinajstić information content (AvgIpc) is 2.89. The SMILES string of the molecule is CCN(CC(=O)NN1C(=O)N[C@](C)(CC)C1=O)[C@H](C)c1cccc(OC)c1. The van der Waals surface area contributed by atoms with E-state index in [0.717, 1.165) is 16.3 Å². The number of carbonyl (C=O) groups is 3. The van der Waals surface area contributed by atoms with Crippen molar-refractivity contribution in [2.24, 2.45) is 0 Å². The molecule has 0 bridgehead atoms. The molecule has 0 spiro atoms. The number of urea groups is 1. The lowest BCUT2D eigenvalue weighted by atomic mass is 10.00. The second-order valence-corrected chi connectivity index (χ2v) is 6.81. The summed E-state index contributed by atoms with van der Waals surface area (Å²) in [7, 11) is 1.61. The van der Waals surface area contributed by atoms with Gasteiger partial charge in [0.05, 0.1) is 13.7 Å². The minimum absolute atomic E-state index is 0.0418. The molecule has 1 aromatic carbocycles. The molecule has 4 amide bonds. The lowest BCUT2D eigenvalue weighted by molar-refractivity contribution is -0.139. The predicted octanol–water partition coefficient (Wildman–Crippen LogP) is 1.83. The van der Waals surface area contributed by atoms with E-state index >= 15 is 0 Å². The average molecular weight is 376 g/mol. The van der Waals surface area contributed by atoms with Crippen molar-refractivity contribution in [3.8, 4) is 5.75 Å². The Kier molecular flexibility index (Phi) is 6.43. The number of likely N-dealkylation sites (N-methyl/N-ethyl adjacent to an activating group) is 1. The second-order valence-electron chi connectivity index (χ2n) is 6.81. The van der Waals surface area contributed by atoms with Crippen molar-refractivity contribution in [3.05, 3.63) is 29.8 Å². The van der Waals surface area contributed by atoms with E-state index in [1.165, 1.54) is 0 Å². The summed E-state index contributed by atoms with van der Waals surface area (Å²) in [5.74, 6) is -0.124. The summed E-state index contributed by atoms with van der Waals surface area (Å²) in [5.41, 5.74) is 2.46. The fraction of sp³-hybridized carbons (Fsp3) is 0.526. The molecule has 1 aliphatic heterocycles. The maximum atomic E-state index is 12.5. The first kappa shape index (κ1) is 20.7. The molecule has 0 aliphatic carbocycles. The van der Waals surface area contributed by atoms with Crippen LogP contribution in [0.4, 0.5) is 4.79 Å². The largest absolute Gasteiger partial charge is 0.497 e. The van der Waals surface area contributed by atoms with Crippen LogP contribution in [-0.2, 0) is 9.59 Å². The Balaban J connectivity index is 2.04. The van der Waals surface area contributed by atoms with E-state index in [9.17, 15) is 14.4 Å². The first-order chi connectivity index (χ1) is 12.8. The van der Waals surface area contributed by atoms with E-state index in [4.69, 9.17) is 4.74 Å². The number of rotatable bonds is 8. The minimum Gasteiger partial charge on any atom is -0.497 e. The van der Waals surface area contributed by atoms with Gasteiger partial charge in [-0.15, -0.1) is 0 Å². The second kappa shape index (κ2) is 8.39. The van der Waals surface area contributed by atoms with Gasteiger partial charge in [0, 0.05) is 6.04 Å². The summed E-state index contributed by atoms with van der Waals surface area (Å²) in [6.07, 6.45) is 0.442. The molecule has 0 saturated carbocycles. The number of amides is 4. The molecule has 2 N–H and O–H groups in total. The quantitative estimate of drug-likeness (QED) is 0.676. The number of hydrazine groups is 1. The highest BCUT2D eigenvalue weighted by atomic mass is 16.5. The number of imide groups is 1. The van der Waals surface area contributed by atoms with E-state index in [1.807, 2.05) is 43.0 Å². The highest BCUT2D eigenvalue weighted by molar-refractivity contribution is 6.07. The molecule has 8 nitrogen and oxygen atoms in total. The van der Waals surface area contributed by atoms with Gasteiger partial charge in [0.15, 0.2) is 0 Å². The van der Waals surface area contributed by atoms with E-state index in [-0.39, 0.29) is 12.6 Å². The summed E-state index contributed by atoms with van der Waals surface area (Å²) in [5, 5.41) is 3.38. The van der Waals surface area contributed by atoms with Gasteiger partial charge in [-0.2, -0.15) is 5.01 Å². The van der Waals surface area contributed by atoms with Gasteiger partial charge >= 0.3 is 6.03 Å².